The van der Waals surface area contributed by atoms with Crippen LogP contribution < -0.4 is 11.1 Å². The van der Waals surface area contributed by atoms with E-state index in [9.17, 15) is 9.18 Å². The maximum Gasteiger partial charge on any atom is 0.240 e. The lowest BCUT2D eigenvalue weighted by Gasteiger charge is -2.21. The van der Waals surface area contributed by atoms with E-state index in [1.165, 1.54) is 26.4 Å². The van der Waals surface area contributed by atoms with E-state index in [2.05, 4.69) is 5.32 Å². The Morgan fingerprint density at radius 3 is 2.50 bits per heavy atom. The molecule has 0 saturated heterocycles. The van der Waals surface area contributed by atoms with Crippen LogP contribution in [0.4, 0.5) is 10.1 Å². The van der Waals surface area contributed by atoms with E-state index in [1.807, 2.05) is 0 Å². The molecule has 0 spiro atoms. The molecule has 0 fully saturated rings. The molecule has 0 saturated carbocycles. The minimum atomic E-state index is -0.771. The fourth-order valence-electron chi connectivity index (χ4n) is 1.49. The summed E-state index contributed by atoms with van der Waals surface area (Å²) in [6.45, 7) is 0. The molecule has 1 unspecified atom stereocenters. The molecule has 0 radical (unpaired) electrons. The minimum absolute atomic E-state index is 0.191. The SMILES string of the molecule is COC(CC(Nc1ccccc1F)C(N)=O)OC. The van der Waals surface area contributed by atoms with Crippen molar-refractivity contribution in [1.82, 2.24) is 0 Å². The summed E-state index contributed by atoms with van der Waals surface area (Å²) in [7, 11) is 2.91. The molecule has 0 aliphatic heterocycles. The normalized spacial score (nSPS) is 12.4. The molecule has 1 aromatic rings. The molecular weight excluding hydrogens is 239 g/mol. The van der Waals surface area contributed by atoms with Gasteiger partial charge in [-0.2, -0.15) is 0 Å². The Bertz CT molecular complexity index is 397. The summed E-state index contributed by atoms with van der Waals surface area (Å²) in [4.78, 5) is 11.3. The number of para-hydroxylation sites is 1. The molecule has 0 heterocycles. The molecule has 1 amide bonds. The Morgan fingerprint density at radius 2 is 2.00 bits per heavy atom. The first kappa shape index (κ1) is 14.4. The first-order valence-electron chi connectivity index (χ1n) is 5.44. The van der Waals surface area contributed by atoms with Crippen LogP contribution in [-0.2, 0) is 14.3 Å². The van der Waals surface area contributed by atoms with E-state index in [-0.39, 0.29) is 12.1 Å². The second-order valence-corrected chi connectivity index (χ2v) is 3.72. The zero-order chi connectivity index (χ0) is 13.5. The fraction of sp³-hybridized carbons (Fsp3) is 0.417. The summed E-state index contributed by atoms with van der Waals surface area (Å²) in [5.41, 5.74) is 5.47. The first-order chi connectivity index (χ1) is 8.58. The van der Waals surface area contributed by atoms with Gasteiger partial charge in [-0.1, -0.05) is 12.1 Å². The quantitative estimate of drug-likeness (QED) is 0.716. The van der Waals surface area contributed by atoms with Crippen LogP contribution in [0.3, 0.4) is 0 Å². The third-order valence-electron chi connectivity index (χ3n) is 2.50. The topological polar surface area (TPSA) is 73.6 Å². The summed E-state index contributed by atoms with van der Waals surface area (Å²) in [6.07, 6.45) is -0.391. The van der Waals surface area contributed by atoms with E-state index in [4.69, 9.17) is 15.2 Å². The number of ether oxygens (including phenoxy) is 2. The number of primary amides is 1. The number of anilines is 1. The van der Waals surface area contributed by atoms with Gasteiger partial charge in [0.25, 0.3) is 0 Å². The molecule has 0 aromatic heterocycles. The molecular formula is C12H17FN2O3. The lowest BCUT2D eigenvalue weighted by molar-refractivity contribution is -0.127. The molecule has 100 valence electrons. The maximum absolute atomic E-state index is 13.4. The number of methoxy groups -OCH3 is 2. The lowest BCUT2D eigenvalue weighted by Crippen LogP contribution is -2.39. The number of halogens is 1. The van der Waals surface area contributed by atoms with Crippen LogP contribution in [0.25, 0.3) is 0 Å². The van der Waals surface area contributed by atoms with Crippen molar-refractivity contribution in [1.29, 1.82) is 0 Å². The van der Waals surface area contributed by atoms with E-state index < -0.39 is 24.1 Å². The zero-order valence-electron chi connectivity index (χ0n) is 10.4. The van der Waals surface area contributed by atoms with E-state index in [0.717, 1.165) is 0 Å². The van der Waals surface area contributed by atoms with Gasteiger partial charge in [0.05, 0.1) is 5.69 Å². The highest BCUT2D eigenvalue weighted by Gasteiger charge is 2.21. The van der Waals surface area contributed by atoms with E-state index >= 15 is 0 Å². The van der Waals surface area contributed by atoms with Crippen LogP contribution in [0.1, 0.15) is 6.42 Å². The summed E-state index contributed by atoms with van der Waals surface area (Å²) in [5, 5.41) is 2.74. The molecule has 5 nitrogen and oxygen atoms in total. The fourth-order valence-corrected chi connectivity index (χ4v) is 1.49. The summed E-state index contributed by atoms with van der Waals surface area (Å²) in [5.74, 6) is -1.05. The summed E-state index contributed by atoms with van der Waals surface area (Å²) >= 11 is 0. The van der Waals surface area contributed by atoms with Gasteiger partial charge in [0.1, 0.15) is 11.9 Å². The predicted octanol–water partition coefficient (Wildman–Crippen LogP) is 1.10. The van der Waals surface area contributed by atoms with Crippen molar-refractivity contribution in [2.75, 3.05) is 19.5 Å². The van der Waals surface area contributed by atoms with Crippen molar-refractivity contribution in [2.24, 2.45) is 5.73 Å². The number of carbonyl (C=O) groups excluding carboxylic acids is 1. The van der Waals surface area contributed by atoms with Crippen molar-refractivity contribution in [3.63, 3.8) is 0 Å². The molecule has 18 heavy (non-hydrogen) atoms. The lowest BCUT2D eigenvalue weighted by atomic mass is 10.1. The number of hydrogen-bond acceptors (Lipinski definition) is 4. The third kappa shape index (κ3) is 3.97. The van der Waals surface area contributed by atoms with Gasteiger partial charge < -0.3 is 20.5 Å². The summed E-state index contributed by atoms with van der Waals surface area (Å²) in [6, 6.07) is 5.28. The number of rotatable bonds is 7. The minimum Gasteiger partial charge on any atom is -0.371 e. The smallest absolute Gasteiger partial charge is 0.240 e. The van der Waals surface area contributed by atoms with Crippen LogP contribution >= 0.6 is 0 Å². The largest absolute Gasteiger partial charge is 0.371 e. The van der Waals surface area contributed by atoms with Gasteiger partial charge in [0.15, 0.2) is 6.29 Å². The molecule has 0 bridgehead atoms. The maximum atomic E-state index is 13.4. The average molecular weight is 256 g/mol. The predicted molar refractivity (Wildman–Crippen MR) is 65.4 cm³/mol. The van der Waals surface area contributed by atoms with Crippen molar-refractivity contribution in [2.45, 2.75) is 18.8 Å². The molecule has 1 atom stereocenters. The number of hydrogen-bond donors (Lipinski definition) is 2. The zero-order valence-corrected chi connectivity index (χ0v) is 10.4. The molecule has 0 aliphatic rings. The Morgan fingerprint density at radius 1 is 1.39 bits per heavy atom. The van der Waals surface area contributed by atoms with Crippen LogP contribution in [0.2, 0.25) is 0 Å². The Hall–Kier alpha value is -1.66. The monoisotopic (exact) mass is 256 g/mol. The van der Waals surface area contributed by atoms with Crippen LogP contribution in [0, 0.1) is 5.82 Å². The van der Waals surface area contributed by atoms with Gasteiger partial charge in [-0.25, -0.2) is 4.39 Å². The molecule has 1 rings (SSSR count). The van der Waals surface area contributed by atoms with Gasteiger partial charge in [-0.15, -0.1) is 0 Å². The second kappa shape index (κ2) is 6.93. The Labute approximate surface area is 105 Å². The number of benzene rings is 1. The highest BCUT2D eigenvalue weighted by molar-refractivity contribution is 5.83. The van der Waals surface area contributed by atoms with Crippen molar-refractivity contribution in [3.05, 3.63) is 30.1 Å². The van der Waals surface area contributed by atoms with E-state index in [1.54, 1.807) is 12.1 Å². The highest BCUT2D eigenvalue weighted by atomic mass is 19.1. The third-order valence-corrected chi connectivity index (χ3v) is 2.50. The highest BCUT2D eigenvalue weighted by Crippen LogP contribution is 2.16. The second-order valence-electron chi connectivity index (χ2n) is 3.72. The van der Waals surface area contributed by atoms with Crippen LogP contribution in [0.5, 0.6) is 0 Å². The van der Waals surface area contributed by atoms with Gasteiger partial charge in [-0.3, -0.25) is 4.79 Å². The van der Waals surface area contributed by atoms with Gasteiger partial charge in [0.2, 0.25) is 5.91 Å². The van der Waals surface area contributed by atoms with Crippen LogP contribution in [-0.4, -0.2) is 32.5 Å². The Kier molecular flexibility index (Phi) is 5.54. The average Bonchev–Trinajstić information content (AvgIpc) is 2.36. The number of amides is 1. The van der Waals surface area contributed by atoms with E-state index in [0.29, 0.717) is 0 Å². The van der Waals surface area contributed by atoms with Crippen molar-refractivity contribution in [3.8, 4) is 0 Å². The van der Waals surface area contributed by atoms with Gasteiger partial charge in [-0.05, 0) is 12.1 Å². The molecule has 1 aromatic carbocycles. The molecule has 0 aliphatic carbocycles. The number of nitrogens with two attached hydrogens (primary N) is 1. The number of carbonyl (C=O) groups is 1. The van der Waals surface area contributed by atoms with Crippen LogP contribution in [0.15, 0.2) is 24.3 Å². The number of nitrogens with one attached hydrogen (secondary N) is 1. The molecule has 6 heteroatoms. The standard InChI is InChI=1S/C12H17FN2O3/c1-17-11(18-2)7-10(12(14)16)15-9-6-4-3-5-8(9)13/h3-6,10-11,15H,7H2,1-2H3,(H2,14,16). The van der Waals surface area contributed by atoms with Gasteiger partial charge in [0, 0.05) is 20.6 Å². The van der Waals surface area contributed by atoms with Crippen molar-refractivity contribution < 1.29 is 18.7 Å². The Balaban J connectivity index is 2.75. The first-order valence-corrected chi connectivity index (χ1v) is 5.44. The summed E-state index contributed by atoms with van der Waals surface area (Å²) < 4.78 is 23.4. The van der Waals surface area contributed by atoms with Crippen molar-refractivity contribution >= 4 is 11.6 Å². The van der Waals surface area contributed by atoms with Gasteiger partial charge >= 0.3 is 0 Å². The molecule has 3 N–H and O–H groups in total.